The average molecular weight is 210 g/mol. The molecule has 0 aliphatic heterocycles. The third-order valence-electron chi connectivity index (χ3n) is 1.04. The highest BCUT2D eigenvalue weighted by atomic mass is 32.7. The Balaban J connectivity index is 3.27. The Bertz CT molecular complexity index is 97.2. The van der Waals surface area contributed by atoms with E-state index in [1.165, 1.54) is 0 Å². The van der Waals surface area contributed by atoms with Gasteiger partial charge in [-0.1, -0.05) is 39.9 Å². The molecule has 0 saturated carbocycles. The van der Waals surface area contributed by atoms with Gasteiger partial charge in [0.2, 0.25) is 7.58 Å². The first-order valence-electron chi connectivity index (χ1n) is 4.27. The van der Waals surface area contributed by atoms with Crippen molar-refractivity contribution in [1.82, 2.24) is 0 Å². The third-order valence-corrected chi connectivity index (χ3v) is 2.47. The van der Waals surface area contributed by atoms with Crippen LogP contribution < -0.4 is 0 Å². The molecule has 74 valence electrons. The molecular formula is C8H19O2PS. The first-order valence-corrected chi connectivity index (χ1v) is 6.60. The maximum Gasteiger partial charge on any atom is 0.234 e. The maximum atomic E-state index is 5.36. The molecule has 0 heterocycles. The van der Waals surface area contributed by atoms with E-state index in [0.717, 1.165) is 13.2 Å². The fourth-order valence-corrected chi connectivity index (χ4v) is 1.79. The second-order valence-corrected chi connectivity index (χ2v) is 5.59. The molecule has 12 heavy (non-hydrogen) atoms. The van der Waals surface area contributed by atoms with Crippen molar-refractivity contribution in [2.45, 2.75) is 27.7 Å². The molecule has 0 rings (SSSR count). The van der Waals surface area contributed by atoms with Crippen LogP contribution in [0.3, 0.4) is 0 Å². The van der Waals surface area contributed by atoms with E-state index < -0.39 is 7.58 Å². The van der Waals surface area contributed by atoms with E-state index in [0.29, 0.717) is 11.8 Å². The van der Waals surface area contributed by atoms with Gasteiger partial charge in [-0.05, 0) is 11.8 Å². The van der Waals surface area contributed by atoms with Gasteiger partial charge < -0.3 is 9.05 Å². The van der Waals surface area contributed by atoms with Gasteiger partial charge in [-0.3, -0.25) is 0 Å². The van der Waals surface area contributed by atoms with Gasteiger partial charge >= 0.3 is 0 Å². The Hall–Kier alpha value is 0.700. The molecule has 0 N–H and O–H groups in total. The monoisotopic (exact) mass is 210 g/mol. The molecule has 0 aliphatic carbocycles. The molecule has 0 unspecified atom stereocenters. The van der Waals surface area contributed by atoms with Gasteiger partial charge in [0.15, 0.2) is 0 Å². The summed E-state index contributed by atoms with van der Waals surface area (Å²) in [5.41, 5.74) is 0. The van der Waals surface area contributed by atoms with E-state index in [2.05, 4.69) is 39.9 Å². The molecule has 0 aromatic rings. The standard InChI is InChI=1S/C8H19O2PS/c1-7(2)5-9-11(12)10-6-8(3)4/h7-8,12H,5-6H2,1-4H3. The fourth-order valence-electron chi connectivity index (χ4n) is 0.463. The first kappa shape index (κ1) is 12.7. The van der Waals surface area contributed by atoms with Gasteiger partial charge in [-0.25, -0.2) is 0 Å². The minimum Gasteiger partial charge on any atom is -0.326 e. The molecule has 0 saturated heterocycles. The summed E-state index contributed by atoms with van der Waals surface area (Å²) in [6, 6.07) is 0. The molecule has 0 radical (unpaired) electrons. The van der Waals surface area contributed by atoms with Gasteiger partial charge in [0.05, 0.1) is 13.2 Å². The van der Waals surface area contributed by atoms with Crippen LogP contribution in [0.4, 0.5) is 0 Å². The first-order chi connectivity index (χ1) is 5.52. The molecule has 0 bridgehead atoms. The summed E-state index contributed by atoms with van der Waals surface area (Å²) in [6.45, 7) is 9.90. The Morgan fingerprint density at radius 1 is 1.00 bits per heavy atom. The Morgan fingerprint density at radius 3 is 1.58 bits per heavy atom. The van der Waals surface area contributed by atoms with Crippen molar-refractivity contribution < 1.29 is 9.05 Å². The summed E-state index contributed by atoms with van der Waals surface area (Å²) in [7, 11) is -0.951. The topological polar surface area (TPSA) is 18.5 Å². The molecule has 4 heteroatoms. The van der Waals surface area contributed by atoms with Gasteiger partial charge in [0.25, 0.3) is 0 Å². The van der Waals surface area contributed by atoms with Crippen LogP contribution in [0.25, 0.3) is 0 Å². The zero-order chi connectivity index (χ0) is 9.56. The van der Waals surface area contributed by atoms with E-state index >= 15 is 0 Å². The van der Waals surface area contributed by atoms with Crippen LogP contribution in [0, 0.1) is 11.8 Å². The lowest BCUT2D eigenvalue weighted by atomic mass is 10.2. The van der Waals surface area contributed by atoms with Crippen LogP contribution in [0.15, 0.2) is 0 Å². The molecule has 2 nitrogen and oxygen atoms in total. The smallest absolute Gasteiger partial charge is 0.234 e. The molecule has 0 atom stereocenters. The highest BCUT2D eigenvalue weighted by Gasteiger charge is 2.06. The SMILES string of the molecule is CC(C)COP(S)OCC(C)C. The lowest BCUT2D eigenvalue weighted by Gasteiger charge is -2.14. The van der Waals surface area contributed by atoms with Crippen molar-refractivity contribution in [1.29, 1.82) is 0 Å². The van der Waals surface area contributed by atoms with Crippen LogP contribution in [0.5, 0.6) is 0 Å². The van der Waals surface area contributed by atoms with E-state index in [1.807, 2.05) is 0 Å². The van der Waals surface area contributed by atoms with E-state index in [1.54, 1.807) is 0 Å². The highest BCUT2D eigenvalue weighted by Crippen LogP contribution is 2.43. The molecule has 0 fully saturated rings. The Kier molecular flexibility index (Phi) is 7.55. The summed E-state index contributed by atoms with van der Waals surface area (Å²) in [6.07, 6.45) is 0. The zero-order valence-corrected chi connectivity index (χ0v) is 10.1. The summed E-state index contributed by atoms with van der Waals surface area (Å²) in [5.74, 6) is 1.09. The highest BCUT2D eigenvalue weighted by molar-refractivity contribution is 8.41. The quantitative estimate of drug-likeness (QED) is 0.534. The normalized spacial score (nSPS) is 12.0. The van der Waals surface area contributed by atoms with Gasteiger partial charge in [-0.2, -0.15) is 0 Å². The summed E-state index contributed by atoms with van der Waals surface area (Å²) in [4.78, 5) is 0. The minimum absolute atomic E-state index is 0.546. The van der Waals surface area contributed by atoms with Crippen molar-refractivity contribution in [3.8, 4) is 0 Å². The molecule has 0 aliphatic rings. The second-order valence-electron chi connectivity index (χ2n) is 3.62. The largest absolute Gasteiger partial charge is 0.326 e. The number of thiol groups is 1. The van der Waals surface area contributed by atoms with E-state index in [4.69, 9.17) is 9.05 Å². The Labute approximate surface area is 82.1 Å². The van der Waals surface area contributed by atoms with Crippen LogP contribution in [-0.4, -0.2) is 13.2 Å². The van der Waals surface area contributed by atoms with Crippen molar-refractivity contribution in [2.24, 2.45) is 11.8 Å². The molecule has 0 spiro atoms. The van der Waals surface area contributed by atoms with E-state index in [9.17, 15) is 0 Å². The van der Waals surface area contributed by atoms with E-state index in [-0.39, 0.29) is 0 Å². The Morgan fingerprint density at radius 2 is 1.33 bits per heavy atom. The lowest BCUT2D eigenvalue weighted by molar-refractivity contribution is 0.221. The molecule has 0 amide bonds. The minimum atomic E-state index is -0.951. The average Bonchev–Trinajstić information content (AvgIpc) is 1.96. The molecule has 0 aromatic carbocycles. The van der Waals surface area contributed by atoms with Crippen LogP contribution in [0.2, 0.25) is 0 Å². The summed E-state index contributed by atoms with van der Waals surface area (Å²) < 4.78 is 10.7. The van der Waals surface area contributed by atoms with Crippen molar-refractivity contribution in [2.75, 3.05) is 13.2 Å². The third kappa shape index (κ3) is 8.79. The number of rotatable bonds is 6. The molecule has 0 aromatic heterocycles. The van der Waals surface area contributed by atoms with Crippen molar-refractivity contribution in [3.63, 3.8) is 0 Å². The van der Waals surface area contributed by atoms with Gasteiger partial charge in [0.1, 0.15) is 0 Å². The van der Waals surface area contributed by atoms with Crippen molar-refractivity contribution >= 4 is 19.8 Å². The molecular weight excluding hydrogens is 191 g/mol. The van der Waals surface area contributed by atoms with Gasteiger partial charge in [-0.15, -0.1) is 0 Å². The predicted octanol–water partition coefficient (Wildman–Crippen LogP) is 3.49. The number of hydrogen-bond donors (Lipinski definition) is 1. The van der Waals surface area contributed by atoms with Gasteiger partial charge in [0, 0.05) is 0 Å². The predicted molar refractivity (Wildman–Crippen MR) is 57.5 cm³/mol. The van der Waals surface area contributed by atoms with Crippen LogP contribution in [-0.2, 0) is 9.05 Å². The summed E-state index contributed by atoms with van der Waals surface area (Å²) >= 11 is 4.20. The zero-order valence-electron chi connectivity index (χ0n) is 8.28. The number of hydrogen-bond acceptors (Lipinski definition) is 3. The van der Waals surface area contributed by atoms with Crippen LogP contribution in [0.1, 0.15) is 27.7 Å². The van der Waals surface area contributed by atoms with Crippen LogP contribution >= 0.6 is 19.8 Å². The maximum absolute atomic E-state index is 5.36. The second kappa shape index (κ2) is 7.14. The van der Waals surface area contributed by atoms with Crippen molar-refractivity contribution in [3.05, 3.63) is 0 Å². The summed E-state index contributed by atoms with van der Waals surface area (Å²) in [5, 5.41) is 0. The lowest BCUT2D eigenvalue weighted by Crippen LogP contribution is -2.01. The fraction of sp³-hybridized carbons (Fsp3) is 1.00.